The number of carbonyl (C=O) groups is 1. The molecule has 0 aliphatic carbocycles. The van der Waals surface area contributed by atoms with Crippen molar-refractivity contribution in [1.82, 2.24) is 9.21 Å². The third kappa shape index (κ3) is 6.13. The molecule has 1 aliphatic rings. The van der Waals surface area contributed by atoms with E-state index in [1.807, 2.05) is 18.7 Å². The maximum absolute atomic E-state index is 12.8. The number of aliphatic hydroxyl groups excluding tert-OH is 1. The van der Waals surface area contributed by atoms with Crippen molar-refractivity contribution in [1.29, 1.82) is 0 Å². The van der Waals surface area contributed by atoms with Crippen molar-refractivity contribution in [2.24, 2.45) is 0 Å². The Hall–Kier alpha value is -2.26. The number of sulfonamides is 1. The van der Waals surface area contributed by atoms with E-state index in [9.17, 15) is 18.3 Å². The molecule has 1 aliphatic heterocycles. The normalized spacial score (nSPS) is 16.7. The van der Waals surface area contributed by atoms with Crippen LogP contribution in [0.15, 0.2) is 53.4 Å². The number of piperazine rings is 1. The van der Waals surface area contributed by atoms with Crippen LogP contribution in [0.3, 0.4) is 0 Å². The third-order valence-electron chi connectivity index (χ3n) is 5.40. The zero-order chi connectivity index (χ0) is 22.4. The predicted octanol–water partition coefficient (Wildman–Crippen LogP) is 2.33. The lowest BCUT2D eigenvalue weighted by molar-refractivity contribution is 0.0569. The number of aryl methyl sites for hydroxylation is 1. The summed E-state index contributed by atoms with van der Waals surface area (Å²) in [5, 5.41) is 10.3. The number of aliphatic hydroxyl groups is 1. The summed E-state index contributed by atoms with van der Waals surface area (Å²) >= 11 is 0. The van der Waals surface area contributed by atoms with Gasteiger partial charge in [-0.3, -0.25) is 9.69 Å². The average molecular weight is 447 g/mol. The minimum atomic E-state index is -3.49. The number of hydrogen-bond acceptors (Lipinski definition) is 6. The van der Waals surface area contributed by atoms with Crippen LogP contribution in [-0.2, 0) is 10.0 Å². The fourth-order valence-corrected chi connectivity index (χ4v) is 4.92. The molecule has 3 rings (SSSR count). The zero-order valence-corrected chi connectivity index (χ0v) is 18.8. The second-order valence-electron chi connectivity index (χ2n) is 7.78. The average Bonchev–Trinajstić information content (AvgIpc) is 2.78. The highest BCUT2D eigenvalue weighted by molar-refractivity contribution is 7.89. The van der Waals surface area contributed by atoms with Crippen LogP contribution in [0.2, 0.25) is 0 Å². The van der Waals surface area contributed by atoms with Gasteiger partial charge in [0.15, 0.2) is 5.78 Å². The number of ether oxygens (including phenoxy) is 1. The quantitative estimate of drug-likeness (QED) is 0.595. The summed E-state index contributed by atoms with van der Waals surface area (Å²) in [7, 11) is -3.49. The first kappa shape index (κ1) is 23.4. The van der Waals surface area contributed by atoms with Crippen molar-refractivity contribution < 1.29 is 23.1 Å². The third-order valence-corrected chi connectivity index (χ3v) is 7.31. The van der Waals surface area contributed by atoms with Crippen molar-refractivity contribution >= 4 is 15.8 Å². The largest absolute Gasteiger partial charge is 0.491 e. The van der Waals surface area contributed by atoms with Gasteiger partial charge in [-0.2, -0.15) is 4.31 Å². The molecular weight excluding hydrogens is 416 g/mol. The molecule has 2 aromatic carbocycles. The number of Topliss-reactive ketones (excluding diaryl/α,β-unsaturated/α-hetero) is 1. The summed E-state index contributed by atoms with van der Waals surface area (Å²) in [6.07, 6.45) is -0.240. The van der Waals surface area contributed by atoms with Crippen LogP contribution in [-0.4, -0.2) is 73.9 Å². The Kier molecular flexibility index (Phi) is 7.83. The molecule has 168 valence electrons. The number of nitrogens with zero attached hydrogens (tertiary/aromatic N) is 2. The molecule has 0 radical (unpaired) electrons. The fraction of sp³-hybridized carbons (Fsp3) is 0.435. The summed E-state index contributed by atoms with van der Waals surface area (Å²) in [6, 6.07) is 13.8. The number of rotatable bonds is 9. The van der Waals surface area contributed by atoms with Crippen LogP contribution < -0.4 is 4.74 Å². The molecule has 7 nitrogen and oxygen atoms in total. The van der Waals surface area contributed by atoms with E-state index in [2.05, 4.69) is 0 Å². The van der Waals surface area contributed by atoms with E-state index in [0.717, 1.165) is 5.56 Å². The highest BCUT2D eigenvalue weighted by Crippen LogP contribution is 2.18. The monoisotopic (exact) mass is 446 g/mol. The van der Waals surface area contributed by atoms with Crippen LogP contribution in [0.5, 0.6) is 5.75 Å². The maximum Gasteiger partial charge on any atom is 0.243 e. The number of β-amino-alcohol motifs (C(OH)–C–C–N with tert-alkyl or cyclic N) is 1. The van der Waals surface area contributed by atoms with Crippen molar-refractivity contribution in [2.75, 3.05) is 39.3 Å². The minimum Gasteiger partial charge on any atom is -0.491 e. The van der Waals surface area contributed by atoms with E-state index >= 15 is 0 Å². The first-order valence-corrected chi connectivity index (χ1v) is 12.0. The van der Waals surface area contributed by atoms with Crippen LogP contribution >= 0.6 is 0 Å². The first-order chi connectivity index (χ1) is 14.8. The van der Waals surface area contributed by atoms with Gasteiger partial charge < -0.3 is 9.84 Å². The number of ketones is 1. The molecule has 2 aromatic rings. The van der Waals surface area contributed by atoms with Gasteiger partial charge in [0.25, 0.3) is 0 Å². The smallest absolute Gasteiger partial charge is 0.243 e. The molecule has 1 atom stereocenters. The topological polar surface area (TPSA) is 87.2 Å². The molecular formula is C23H30N2O5S. The predicted molar refractivity (Wildman–Crippen MR) is 119 cm³/mol. The van der Waals surface area contributed by atoms with E-state index in [-0.39, 0.29) is 12.4 Å². The Bertz CT molecular complexity index is 966. The highest BCUT2D eigenvalue weighted by Gasteiger charge is 2.29. The van der Waals surface area contributed by atoms with Crippen LogP contribution in [0.25, 0.3) is 0 Å². The lowest BCUT2D eigenvalue weighted by atomic mass is 10.1. The Morgan fingerprint density at radius 2 is 1.65 bits per heavy atom. The van der Waals surface area contributed by atoms with Gasteiger partial charge >= 0.3 is 0 Å². The molecule has 0 spiro atoms. The second-order valence-corrected chi connectivity index (χ2v) is 9.72. The maximum atomic E-state index is 12.8. The highest BCUT2D eigenvalue weighted by atomic mass is 32.2. The number of benzene rings is 2. The molecule has 1 fully saturated rings. The van der Waals surface area contributed by atoms with Crippen LogP contribution in [0.1, 0.15) is 29.3 Å². The Balaban J connectivity index is 1.45. The molecule has 0 bridgehead atoms. The van der Waals surface area contributed by atoms with Crippen molar-refractivity contribution in [3.8, 4) is 5.75 Å². The molecule has 0 aromatic heterocycles. The van der Waals surface area contributed by atoms with Crippen molar-refractivity contribution in [2.45, 2.75) is 31.3 Å². The number of hydrogen-bond donors (Lipinski definition) is 1. The Morgan fingerprint density at radius 1 is 1.03 bits per heavy atom. The lowest BCUT2D eigenvalue weighted by Crippen LogP contribution is -2.50. The van der Waals surface area contributed by atoms with Gasteiger partial charge in [0.1, 0.15) is 18.5 Å². The van der Waals surface area contributed by atoms with Gasteiger partial charge in [-0.05, 0) is 43.3 Å². The molecule has 1 saturated heterocycles. The van der Waals surface area contributed by atoms with Crippen molar-refractivity contribution in [3.05, 3.63) is 59.7 Å². The SMILES string of the molecule is CCC(=O)c1ccc(OCC(O)CN2CCN(S(=O)(=O)c3ccc(C)cc3)CC2)cc1. The van der Waals surface area contributed by atoms with Gasteiger partial charge in [-0.15, -0.1) is 0 Å². The van der Waals surface area contributed by atoms with Gasteiger partial charge in [0.05, 0.1) is 4.90 Å². The zero-order valence-electron chi connectivity index (χ0n) is 18.0. The molecule has 1 N–H and O–H groups in total. The van der Waals surface area contributed by atoms with E-state index < -0.39 is 16.1 Å². The Labute approximate surface area is 184 Å². The van der Waals surface area contributed by atoms with Crippen molar-refractivity contribution in [3.63, 3.8) is 0 Å². The van der Waals surface area contributed by atoms with E-state index in [1.54, 1.807) is 48.5 Å². The lowest BCUT2D eigenvalue weighted by Gasteiger charge is -2.34. The van der Waals surface area contributed by atoms with Gasteiger partial charge in [-0.25, -0.2) is 8.42 Å². The molecule has 0 amide bonds. The van der Waals surface area contributed by atoms with Gasteiger partial charge in [0, 0.05) is 44.7 Å². The van der Waals surface area contributed by atoms with E-state index in [1.165, 1.54) is 4.31 Å². The van der Waals surface area contributed by atoms with Gasteiger partial charge in [0.2, 0.25) is 10.0 Å². The van der Waals surface area contributed by atoms with E-state index in [0.29, 0.717) is 55.4 Å². The second kappa shape index (κ2) is 10.4. The molecule has 1 heterocycles. The summed E-state index contributed by atoms with van der Waals surface area (Å²) in [4.78, 5) is 14.0. The summed E-state index contributed by atoms with van der Waals surface area (Å²) < 4.78 is 32.7. The first-order valence-electron chi connectivity index (χ1n) is 10.5. The van der Waals surface area contributed by atoms with E-state index in [4.69, 9.17) is 4.74 Å². The standard InChI is InChI=1S/C23H30N2O5S/c1-3-23(27)19-6-8-21(9-7-19)30-17-20(26)16-24-12-14-25(15-13-24)31(28,29)22-10-4-18(2)5-11-22/h4-11,20,26H,3,12-17H2,1-2H3. The molecule has 0 saturated carbocycles. The fourth-order valence-electron chi connectivity index (χ4n) is 3.50. The Morgan fingerprint density at radius 3 is 2.23 bits per heavy atom. The molecule has 8 heteroatoms. The minimum absolute atomic E-state index is 0.0788. The van der Waals surface area contributed by atoms with Gasteiger partial charge in [-0.1, -0.05) is 24.6 Å². The molecule has 31 heavy (non-hydrogen) atoms. The number of carbonyl (C=O) groups excluding carboxylic acids is 1. The summed E-state index contributed by atoms with van der Waals surface area (Å²) in [5.74, 6) is 0.677. The summed E-state index contributed by atoms with van der Waals surface area (Å²) in [6.45, 7) is 6.15. The summed E-state index contributed by atoms with van der Waals surface area (Å²) in [5.41, 5.74) is 1.67. The molecule has 1 unspecified atom stereocenters. The van der Waals surface area contributed by atoms with Crippen LogP contribution in [0.4, 0.5) is 0 Å². The van der Waals surface area contributed by atoms with Crippen LogP contribution in [0, 0.1) is 6.92 Å².